The van der Waals surface area contributed by atoms with Gasteiger partial charge in [0.05, 0.1) is 5.69 Å². The summed E-state index contributed by atoms with van der Waals surface area (Å²) in [5, 5.41) is 7.17. The molecule has 0 saturated carbocycles. The fourth-order valence-corrected chi connectivity index (χ4v) is 1.06. The third-order valence-electron chi connectivity index (χ3n) is 1.54. The number of hydrogen-bond acceptors (Lipinski definition) is 2. The molecule has 0 fully saturated rings. The quantitative estimate of drug-likeness (QED) is 0.682. The topological polar surface area (TPSA) is 41.6 Å². The summed E-state index contributed by atoms with van der Waals surface area (Å²) in [6.45, 7) is 0. The molecule has 2 rings (SSSR count). The van der Waals surface area contributed by atoms with Gasteiger partial charge in [0.2, 0.25) is 0 Å². The molecule has 0 amide bonds. The molecule has 1 N–H and O–H groups in total. The fourth-order valence-electron chi connectivity index (χ4n) is 0.952. The molecule has 0 unspecified atom stereocenters. The Kier molecular flexibility index (Phi) is 1.80. The Labute approximate surface area is 74.4 Å². The van der Waals surface area contributed by atoms with Gasteiger partial charge in [0.1, 0.15) is 5.15 Å². The van der Waals surface area contributed by atoms with Crippen molar-refractivity contribution in [3.05, 3.63) is 35.7 Å². The predicted octanol–water partition coefficient (Wildman–Crippen LogP) is 2.13. The summed E-state index contributed by atoms with van der Waals surface area (Å²) in [6, 6.07) is 5.52. The van der Waals surface area contributed by atoms with Gasteiger partial charge in [-0.05, 0) is 18.2 Å². The standard InChI is InChI=1S/C8H6ClN3/c9-8-2-1-6(5-10-8)7-3-4-11-12-7/h1-5H,(H,11,12). The van der Waals surface area contributed by atoms with Gasteiger partial charge in [0, 0.05) is 18.0 Å². The van der Waals surface area contributed by atoms with E-state index in [9.17, 15) is 0 Å². The number of halogens is 1. The van der Waals surface area contributed by atoms with Crippen LogP contribution in [0.25, 0.3) is 11.3 Å². The molecule has 2 aromatic heterocycles. The lowest BCUT2D eigenvalue weighted by Gasteiger charge is -1.94. The third-order valence-corrected chi connectivity index (χ3v) is 1.76. The summed E-state index contributed by atoms with van der Waals surface area (Å²) in [7, 11) is 0. The van der Waals surface area contributed by atoms with Crippen LogP contribution in [-0.2, 0) is 0 Å². The number of nitrogens with one attached hydrogen (secondary N) is 1. The summed E-state index contributed by atoms with van der Waals surface area (Å²) in [5.74, 6) is 0. The number of aromatic amines is 1. The van der Waals surface area contributed by atoms with E-state index in [-0.39, 0.29) is 0 Å². The second kappa shape index (κ2) is 2.95. The average Bonchev–Trinajstić information content (AvgIpc) is 2.58. The van der Waals surface area contributed by atoms with Crippen LogP contribution in [0.15, 0.2) is 30.6 Å². The zero-order valence-electron chi connectivity index (χ0n) is 6.16. The summed E-state index contributed by atoms with van der Waals surface area (Å²) < 4.78 is 0. The highest BCUT2D eigenvalue weighted by Gasteiger charge is 1.97. The lowest BCUT2D eigenvalue weighted by Crippen LogP contribution is -1.79. The molecule has 0 aliphatic rings. The molecule has 0 bridgehead atoms. The third kappa shape index (κ3) is 1.31. The molecule has 0 aromatic carbocycles. The first-order valence-electron chi connectivity index (χ1n) is 3.47. The Morgan fingerprint density at radius 2 is 2.17 bits per heavy atom. The van der Waals surface area contributed by atoms with Crippen LogP contribution in [0.2, 0.25) is 5.15 Å². The molecular weight excluding hydrogens is 174 g/mol. The first-order valence-corrected chi connectivity index (χ1v) is 3.85. The number of nitrogens with zero attached hydrogens (tertiary/aromatic N) is 2. The molecule has 3 nitrogen and oxygen atoms in total. The minimum atomic E-state index is 0.498. The highest BCUT2D eigenvalue weighted by atomic mass is 35.5. The van der Waals surface area contributed by atoms with Crippen molar-refractivity contribution in [3.63, 3.8) is 0 Å². The zero-order valence-corrected chi connectivity index (χ0v) is 6.92. The van der Waals surface area contributed by atoms with Gasteiger partial charge in [-0.25, -0.2) is 4.98 Å². The molecule has 2 heterocycles. The SMILES string of the molecule is Clc1ccc(-c2ccn[nH]2)cn1. The van der Waals surface area contributed by atoms with Crippen molar-refractivity contribution in [2.75, 3.05) is 0 Å². The molecule has 0 atom stereocenters. The number of aromatic nitrogens is 3. The van der Waals surface area contributed by atoms with Crippen LogP contribution in [-0.4, -0.2) is 15.2 Å². The molecule has 0 aliphatic heterocycles. The molecule has 0 saturated heterocycles. The van der Waals surface area contributed by atoms with E-state index in [1.807, 2.05) is 12.1 Å². The maximum atomic E-state index is 5.64. The normalized spacial score (nSPS) is 10.1. The van der Waals surface area contributed by atoms with E-state index in [0.29, 0.717) is 5.15 Å². The molecule has 4 heteroatoms. The Balaban J connectivity index is 2.43. The monoisotopic (exact) mass is 179 g/mol. The Morgan fingerprint density at radius 3 is 2.75 bits per heavy atom. The largest absolute Gasteiger partial charge is 0.278 e. The lowest BCUT2D eigenvalue weighted by atomic mass is 10.2. The van der Waals surface area contributed by atoms with E-state index in [1.165, 1.54) is 0 Å². The van der Waals surface area contributed by atoms with Gasteiger partial charge >= 0.3 is 0 Å². The van der Waals surface area contributed by atoms with Gasteiger partial charge in [-0.15, -0.1) is 0 Å². The van der Waals surface area contributed by atoms with E-state index in [2.05, 4.69) is 15.2 Å². The van der Waals surface area contributed by atoms with Crippen LogP contribution in [0.5, 0.6) is 0 Å². The van der Waals surface area contributed by atoms with Gasteiger partial charge in [-0.1, -0.05) is 11.6 Å². The molecule has 0 aliphatic carbocycles. The van der Waals surface area contributed by atoms with E-state index in [0.717, 1.165) is 11.3 Å². The molecule has 0 radical (unpaired) electrons. The number of hydrogen-bond donors (Lipinski definition) is 1. The first kappa shape index (κ1) is 7.31. The van der Waals surface area contributed by atoms with Gasteiger partial charge in [0.15, 0.2) is 0 Å². The van der Waals surface area contributed by atoms with Gasteiger partial charge in [0.25, 0.3) is 0 Å². The van der Waals surface area contributed by atoms with Gasteiger partial charge in [-0.2, -0.15) is 5.10 Å². The van der Waals surface area contributed by atoms with E-state index in [1.54, 1.807) is 18.5 Å². The summed E-state index contributed by atoms with van der Waals surface area (Å²) in [4.78, 5) is 3.95. The second-order valence-electron chi connectivity index (χ2n) is 2.34. The van der Waals surface area contributed by atoms with Crippen molar-refractivity contribution >= 4 is 11.6 Å². The summed E-state index contributed by atoms with van der Waals surface area (Å²) >= 11 is 5.64. The van der Waals surface area contributed by atoms with Crippen LogP contribution in [0, 0.1) is 0 Å². The molecule has 2 aromatic rings. The maximum Gasteiger partial charge on any atom is 0.129 e. The lowest BCUT2D eigenvalue weighted by molar-refractivity contribution is 1.09. The van der Waals surface area contributed by atoms with Crippen molar-refractivity contribution in [1.29, 1.82) is 0 Å². The molecular formula is C8H6ClN3. The summed E-state index contributed by atoms with van der Waals surface area (Å²) in [6.07, 6.45) is 3.40. The second-order valence-corrected chi connectivity index (χ2v) is 2.73. The van der Waals surface area contributed by atoms with Crippen molar-refractivity contribution < 1.29 is 0 Å². The van der Waals surface area contributed by atoms with Crippen LogP contribution in [0.3, 0.4) is 0 Å². The Hall–Kier alpha value is -1.35. The van der Waals surface area contributed by atoms with Crippen molar-refractivity contribution in [2.24, 2.45) is 0 Å². The minimum Gasteiger partial charge on any atom is -0.278 e. The minimum absolute atomic E-state index is 0.498. The highest BCUT2D eigenvalue weighted by Crippen LogP contribution is 2.15. The van der Waals surface area contributed by atoms with Crippen LogP contribution < -0.4 is 0 Å². The first-order chi connectivity index (χ1) is 5.86. The van der Waals surface area contributed by atoms with Crippen molar-refractivity contribution in [1.82, 2.24) is 15.2 Å². The van der Waals surface area contributed by atoms with E-state index >= 15 is 0 Å². The van der Waals surface area contributed by atoms with Gasteiger partial charge in [-0.3, -0.25) is 5.10 Å². The van der Waals surface area contributed by atoms with Crippen LogP contribution in [0.4, 0.5) is 0 Å². The number of rotatable bonds is 1. The number of H-pyrrole nitrogens is 1. The van der Waals surface area contributed by atoms with E-state index in [4.69, 9.17) is 11.6 Å². The summed E-state index contributed by atoms with van der Waals surface area (Å²) in [5.41, 5.74) is 1.93. The smallest absolute Gasteiger partial charge is 0.129 e. The average molecular weight is 180 g/mol. The van der Waals surface area contributed by atoms with Crippen LogP contribution in [0.1, 0.15) is 0 Å². The van der Waals surface area contributed by atoms with Crippen LogP contribution >= 0.6 is 11.6 Å². The Morgan fingerprint density at radius 1 is 1.25 bits per heavy atom. The van der Waals surface area contributed by atoms with E-state index < -0.39 is 0 Å². The Bertz CT molecular complexity index is 352. The molecule has 60 valence electrons. The van der Waals surface area contributed by atoms with Crippen molar-refractivity contribution in [2.45, 2.75) is 0 Å². The molecule has 0 spiro atoms. The molecule has 12 heavy (non-hydrogen) atoms. The van der Waals surface area contributed by atoms with Gasteiger partial charge < -0.3 is 0 Å². The number of pyridine rings is 1. The highest BCUT2D eigenvalue weighted by molar-refractivity contribution is 6.29. The van der Waals surface area contributed by atoms with Crippen molar-refractivity contribution in [3.8, 4) is 11.3 Å². The zero-order chi connectivity index (χ0) is 8.39. The fraction of sp³-hybridized carbons (Fsp3) is 0. The predicted molar refractivity (Wildman–Crippen MR) is 46.8 cm³/mol. The maximum absolute atomic E-state index is 5.64.